The van der Waals surface area contributed by atoms with Crippen LogP contribution in [-0.2, 0) is 6.42 Å². The van der Waals surface area contributed by atoms with Crippen LogP contribution in [0.5, 0.6) is 5.88 Å². The van der Waals surface area contributed by atoms with E-state index in [1.807, 2.05) is 12.3 Å². The fourth-order valence-corrected chi connectivity index (χ4v) is 2.21. The van der Waals surface area contributed by atoms with Crippen LogP contribution in [0.3, 0.4) is 0 Å². The molecule has 0 saturated heterocycles. The number of nitrogens with one attached hydrogen (secondary N) is 1. The van der Waals surface area contributed by atoms with Crippen LogP contribution in [-0.4, -0.2) is 23.1 Å². The maximum atomic E-state index is 5.55. The summed E-state index contributed by atoms with van der Waals surface area (Å²) in [7, 11) is 0. The number of hydrogen-bond donors (Lipinski definition) is 1. The first-order valence-corrected chi connectivity index (χ1v) is 7.55. The van der Waals surface area contributed by atoms with E-state index >= 15 is 0 Å². The van der Waals surface area contributed by atoms with Crippen molar-refractivity contribution in [1.82, 2.24) is 15.3 Å². The van der Waals surface area contributed by atoms with Gasteiger partial charge in [0.05, 0.1) is 18.5 Å². The maximum Gasteiger partial charge on any atom is 0.232 e. The van der Waals surface area contributed by atoms with E-state index in [1.54, 1.807) is 6.20 Å². The van der Waals surface area contributed by atoms with Crippen molar-refractivity contribution in [2.45, 2.75) is 32.7 Å². The molecule has 1 aromatic carbocycles. The van der Waals surface area contributed by atoms with Crippen molar-refractivity contribution in [2.24, 2.45) is 0 Å². The quantitative estimate of drug-likeness (QED) is 0.809. The summed E-state index contributed by atoms with van der Waals surface area (Å²) in [5.41, 5.74) is 2.21. The van der Waals surface area contributed by atoms with E-state index in [-0.39, 0.29) is 6.04 Å². The lowest BCUT2D eigenvalue weighted by Gasteiger charge is -2.18. The zero-order valence-electron chi connectivity index (χ0n) is 12.7. The number of hydrogen-bond acceptors (Lipinski definition) is 4. The van der Waals surface area contributed by atoms with Crippen molar-refractivity contribution in [1.29, 1.82) is 0 Å². The topological polar surface area (TPSA) is 47.0 Å². The normalized spacial score (nSPS) is 12.1. The fourth-order valence-electron chi connectivity index (χ4n) is 2.21. The van der Waals surface area contributed by atoms with E-state index in [9.17, 15) is 0 Å². The largest absolute Gasteiger partial charge is 0.477 e. The Bertz CT molecular complexity index is 531. The molecule has 1 N–H and O–H groups in total. The smallest absolute Gasteiger partial charge is 0.232 e. The number of nitrogens with zero attached hydrogens (tertiary/aromatic N) is 2. The van der Waals surface area contributed by atoms with Gasteiger partial charge < -0.3 is 10.1 Å². The van der Waals surface area contributed by atoms with Gasteiger partial charge in [0.15, 0.2) is 0 Å². The van der Waals surface area contributed by atoms with Gasteiger partial charge in [0.1, 0.15) is 0 Å². The second-order valence-corrected chi connectivity index (χ2v) is 4.92. The lowest BCUT2D eigenvalue weighted by atomic mass is 10.0. The first-order chi connectivity index (χ1) is 10.3. The summed E-state index contributed by atoms with van der Waals surface area (Å²) < 4.78 is 5.55. The lowest BCUT2D eigenvalue weighted by Crippen LogP contribution is -2.23. The summed E-state index contributed by atoms with van der Waals surface area (Å²) >= 11 is 0. The highest BCUT2D eigenvalue weighted by atomic mass is 16.5. The molecule has 4 nitrogen and oxygen atoms in total. The summed E-state index contributed by atoms with van der Waals surface area (Å²) in [6.45, 7) is 5.78. The van der Waals surface area contributed by atoms with Gasteiger partial charge >= 0.3 is 0 Å². The maximum absolute atomic E-state index is 5.55. The summed E-state index contributed by atoms with van der Waals surface area (Å²) in [5.74, 6) is 0.609. The predicted molar refractivity (Wildman–Crippen MR) is 84.4 cm³/mol. The first-order valence-electron chi connectivity index (χ1n) is 7.55. The SMILES string of the molecule is CCCOc1cncc(CC(NCC)c2ccccc2)n1. The standard InChI is InChI=1S/C17H23N3O/c1-3-10-21-17-13-18-12-15(20-17)11-16(19-4-2)14-8-6-5-7-9-14/h5-9,12-13,16,19H,3-4,10-11H2,1-2H3. The van der Waals surface area contributed by atoms with Crippen molar-refractivity contribution in [3.8, 4) is 5.88 Å². The van der Waals surface area contributed by atoms with Crippen LogP contribution in [0, 0.1) is 0 Å². The molecule has 1 atom stereocenters. The molecule has 112 valence electrons. The Morgan fingerprint density at radius 3 is 2.67 bits per heavy atom. The Kier molecular flexibility index (Phi) is 6.16. The molecule has 0 saturated carbocycles. The Morgan fingerprint density at radius 2 is 1.95 bits per heavy atom. The van der Waals surface area contributed by atoms with Crippen LogP contribution < -0.4 is 10.1 Å². The lowest BCUT2D eigenvalue weighted by molar-refractivity contribution is 0.302. The van der Waals surface area contributed by atoms with Crippen LogP contribution in [0.1, 0.15) is 37.6 Å². The number of ether oxygens (including phenoxy) is 1. The average molecular weight is 285 g/mol. The summed E-state index contributed by atoms with van der Waals surface area (Å²) in [6, 6.07) is 10.7. The summed E-state index contributed by atoms with van der Waals surface area (Å²) in [4.78, 5) is 8.76. The van der Waals surface area contributed by atoms with Gasteiger partial charge in [-0.25, -0.2) is 4.98 Å². The van der Waals surface area contributed by atoms with Gasteiger partial charge in [-0.15, -0.1) is 0 Å². The van der Waals surface area contributed by atoms with Crippen LogP contribution >= 0.6 is 0 Å². The van der Waals surface area contributed by atoms with E-state index in [1.165, 1.54) is 5.56 Å². The Morgan fingerprint density at radius 1 is 1.14 bits per heavy atom. The highest BCUT2D eigenvalue weighted by molar-refractivity contribution is 5.21. The second kappa shape index (κ2) is 8.37. The molecule has 0 bridgehead atoms. The molecule has 2 aromatic rings. The van der Waals surface area contributed by atoms with Crippen molar-refractivity contribution in [3.63, 3.8) is 0 Å². The fraction of sp³-hybridized carbons (Fsp3) is 0.412. The molecule has 0 spiro atoms. The van der Waals surface area contributed by atoms with Gasteiger partial charge in [0.25, 0.3) is 0 Å². The molecule has 1 unspecified atom stereocenters. The molecule has 0 aliphatic heterocycles. The average Bonchev–Trinajstić information content (AvgIpc) is 2.54. The van der Waals surface area contributed by atoms with Crippen molar-refractivity contribution >= 4 is 0 Å². The minimum Gasteiger partial charge on any atom is -0.477 e. The number of rotatable bonds is 8. The third kappa shape index (κ3) is 4.83. The van der Waals surface area contributed by atoms with Gasteiger partial charge in [-0.1, -0.05) is 44.2 Å². The third-order valence-electron chi connectivity index (χ3n) is 3.18. The molecular weight excluding hydrogens is 262 g/mol. The molecule has 0 fully saturated rings. The van der Waals surface area contributed by atoms with Crippen LogP contribution in [0.2, 0.25) is 0 Å². The minimum atomic E-state index is 0.243. The van der Waals surface area contributed by atoms with E-state index in [4.69, 9.17) is 4.74 Å². The molecule has 21 heavy (non-hydrogen) atoms. The molecule has 1 aromatic heterocycles. The van der Waals surface area contributed by atoms with E-state index in [2.05, 4.69) is 53.4 Å². The van der Waals surface area contributed by atoms with Crippen LogP contribution in [0.15, 0.2) is 42.7 Å². The molecule has 0 radical (unpaired) electrons. The molecule has 0 aliphatic rings. The zero-order chi connectivity index (χ0) is 14.9. The first kappa shape index (κ1) is 15.4. The van der Waals surface area contributed by atoms with E-state index < -0.39 is 0 Å². The van der Waals surface area contributed by atoms with E-state index in [0.717, 1.165) is 25.1 Å². The van der Waals surface area contributed by atoms with Crippen molar-refractivity contribution in [3.05, 3.63) is 54.0 Å². The van der Waals surface area contributed by atoms with Gasteiger partial charge in [-0.3, -0.25) is 4.98 Å². The van der Waals surface area contributed by atoms with Gasteiger partial charge in [-0.05, 0) is 18.5 Å². The summed E-state index contributed by atoms with van der Waals surface area (Å²) in [6.07, 6.45) is 5.25. The number of benzene rings is 1. The monoisotopic (exact) mass is 285 g/mol. The van der Waals surface area contributed by atoms with Gasteiger partial charge in [-0.2, -0.15) is 0 Å². The zero-order valence-corrected chi connectivity index (χ0v) is 12.7. The Balaban J connectivity index is 2.09. The Labute approximate surface area is 126 Å². The van der Waals surface area contributed by atoms with Crippen molar-refractivity contribution in [2.75, 3.05) is 13.2 Å². The van der Waals surface area contributed by atoms with Crippen LogP contribution in [0.25, 0.3) is 0 Å². The van der Waals surface area contributed by atoms with Crippen LogP contribution in [0.4, 0.5) is 0 Å². The summed E-state index contributed by atoms with van der Waals surface area (Å²) in [5, 5.41) is 3.50. The highest BCUT2D eigenvalue weighted by Crippen LogP contribution is 2.18. The molecule has 0 amide bonds. The molecule has 0 aliphatic carbocycles. The minimum absolute atomic E-state index is 0.243. The number of aromatic nitrogens is 2. The van der Waals surface area contributed by atoms with E-state index in [0.29, 0.717) is 12.5 Å². The molecule has 4 heteroatoms. The van der Waals surface area contributed by atoms with Gasteiger partial charge in [0, 0.05) is 18.7 Å². The second-order valence-electron chi connectivity index (χ2n) is 4.92. The molecular formula is C17H23N3O. The predicted octanol–water partition coefficient (Wildman–Crippen LogP) is 3.16. The molecule has 1 heterocycles. The van der Waals surface area contributed by atoms with Gasteiger partial charge in [0.2, 0.25) is 5.88 Å². The third-order valence-corrected chi connectivity index (χ3v) is 3.18. The Hall–Kier alpha value is -1.94. The number of likely N-dealkylation sites (N-methyl/N-ethyl adjacent to an activating group) is 1. The molecule has 2 rings (SSSR count). The highest BCUT2D eigenvalue weighted by Gasteiger charge is 2.12. The van der Waals surface area contributed by atoms with Crippen molar-refractivity contribution < 1.29 is 4.74 Å².